The first-order valence-corrected chi connectivity index (χ1v) is 6.48. The minimum atomic E-state index is 0.730. The summed E-state index contributed by atoms with van der Waals surface area (Å²) in [6.07, 6.45) is 9.18. The lowest BCUT2D eigenvalue weighted by atomic mass is 10.2. The van der Waals surface area contributed by atoms with Crippen LogP contribution in [0.4, 0.5) is 5.69 Å². The van der Waals surface area contributed by atoms with E-state index in [0.29, 0.717) is 0 Å². The van der Waals surface area contributed by atoms with Crippen molar-refractivity contribution in [1.82, 2.24) is 4.98 Å². The third kappa shape index (κ3) is 2.33. The van der Waals surface area contributed by atoms with Crippen LogP contribution in [0.15, 0.2) is 22.9 Å². The Morgan fingerprint density at radius 3 is 2.80 bits per heavy atom. The van der Waals surface area contributed by atoms with Crippen LogP contribution in [0, 0.1) is 0 Å². The zero-order chi connectivity index (χ0) is 10.7. The first-order valence-electron chi connectivity index (χ1n) is 5.69. The van der Waals surface area contributed by atoms with Gasteiger partial charge in [-0.1, -0.05) is 12.8 Å². The number of halogens is 1. The van der Waals surface area contributed by atoms with E-state index in [4.69, 9.17) is 0 Å². The van der Waals surface area contributed by atoms with Gasteiger partial charge < -0.3 is 4.90 Å². The van der Waals surface area contributed by atoms with Gasteiger partial charge in [-0.15, -0.1) is 0 Å². The van der Waals surface area contributed by atoms with Crippen LogP contribution >= 0.6 is 15.9 Å². The van der Waals surface area contributed by atoms with Crippen LogP contribution in [0.5, 0.6) is 0 Å². The summed E-state index contributed by atoms with van der Waals surface area (Å²) in [5.74, 6) is 0. The second kappa shape index (κ2) is 4.97. The Morgan fingerprint density at radius 2 is 2.20 bits per heavy atom. The maximum atomic E-state index is 4.11. The van der Waals surface area contributed by atoms with E-state index in [1.54, 1.807) is 0 Å². The number of nitrogens with zero attached hydrogens (tertiary/aromatic N) is 2. The zero-order valence-electron chi connectivity index (χ0n) is 9.12. The summed E-state index contributed by atoms with van der Waals surface area (Å²) in [6, 6.07) is 2.83. The number of hydrogen-bond acceptors (Lipinski definition) is 2. The molecule has 1 aliphatic carbocycles. The fourth-order valence-electron chi connectivity index (χ4n) is 2.44. The van der Waals surface area contributed by atoms with Gasteiger partial charge in [0.25, 0.3) is 0 Å². The number of hydrogen-bond donors (Lipinski definition) is 0. The van der Waals surface area contributed by atoms with E-state index in [9.17, 15) is 0 Å². The summed E-state index contributed by atoms with van der Waals surface area (Å²) in [5.41, 5.74) is 1.29. The van der Waals surface area contributed by atoms with Crippen LogP contribution in [0.2, 0.25) is 0 Å². The monoisotopic (exact) mass is 268 g/mol. The van der Waals surface area contributed by atoms with Gasteiger partial charge >= 0.3 is 0 Å². The number of aromatic nitrogens is 1. The molecule has 0 radical (unpaired) electrons. The average molecular weight is 269 g/mol. The van der Waals surface area contributed by atoms with Crippen molar-refractivity contribution in [2.75, 3.05) is 11.4 Å². The van der Waals surface area contributed by atoms with Crippen molar-refractivity contribution in [3.63, 3.8) is 0 Å². The predicted octanol–water partition coefficient (Wildman–Crippen LogP) is 3.61. The smallest absolute Gasteiger partial charge is 0.0592 e. The molecule has 0 spiro atoms. The minimum Gasteiger partial charge on any atom is -0.368 e. The molecule has 1 heterocycles. The molecule has 2 nitrogen and oxygen atoms in total. The molecular formula is C12H17BrN2. The highest BCUT2D eigenvalue weighted by molar-refractivity contribution is 9.10. The van der Waals surface area contributed by atoms with Gasteiger partial charge in [-0.05, 0) is 41.8 Å². The quantitative estimate of drug-likeness (QED) is 0.833. The Hall–Kier alpha value is -0.570. The Labute approximate surface area is 99.8 Å². The van der Waals surface area contributed by atoms with Gasteiger partial charge in [0, 0.05) is 25.0 Å². The van der Waals surface area contributed by atoms with Crippen LogP contribution in [-0.4, -0.2) is 17.6 Å². The van der Waals surface area contributed by atoms with Gasteiger partial charge in [0.05, 0.1) is 10.2 Å². The molecule has 0 unspecified atom stereocenters. The van der Waals surface area contributed by atoms with Gasteiger partial charge in [-0.3, -0.25) is 4.98 Å². The predicted molar refractivity (Wildman–Crippen MR) is 67.2 cm³/mol. The molecule has 0 atom stereocenters. The summed E-state index contributed by atoms with van der Waals surface area (Å²) in [5, 5.41) is 0. The lowest BCUT2D eigenvalue weighted by Gasteiger charge is -2.30. The number of anilines is 1. The Kier molecular flexibility index (Phi) is 3.62. The number of pyridine rings is 1. The molecule has 3 heteroatoms. The summed E-state index contributed by atoms with van der Waals surface area (Å²) in [7, 11) is 0. The molecule has 0 aliphatic heterocycles. The van der Waals surface area contributed by atoms with Crippen molar-refractivity contribution in [1.29, 1.82) is 0 Å². The van der Waals surface area contributed by atoms with E-state index in [1.807, 2.05) is 12.4 Å². The van der Waals surface area contributed by atoms with Crippen molar-refractivity contribution >= 4 is 21.6 Å². The van der Waals surface area contributed by atoms with Gasteiger partial charge in [-0.25, -0.2) is 0 Å². The fraction of sp³-hybridized carbons (Fsp3) is 0.583. The maximum absolute atomic E-state index is 4.11. The van der Waals surface area contributed by atoms with E-state index in [1.165, 1.54) is 31.4 Å². The third-order valence-corrected chi connectivity index (χ3v) is 3.78. The van der Waals surface area contributed by atoms with Gasteiger partial charge in [0.2, 0.25) is 0 Å². The standard InChI is InChI=1S/C12H17BrN2/c1-2-15(10-5-3-4-6-10)12-7-8-14-9-11(12)13/h7-10H,2-6H2,1H3. The molecule has 82 valence electrons. The van der Waals surface area contributed by atoms with E-state index in [0.717, 1.165) is 17.1 Å². The highest BCUT2D eigenvalue weighted by Crippen LogP contribution is 2.31. The topological polar surface area (TPSA) is 16.1 Å². The van der Waals surface area contributed by atoms with E-state index in [2.05, 4.69) is 38.8 Å². The first-order chi connectivity index (χ1) is 7.33. The van der Waals surface area contributed by atoms with Crippen LogP contribution in [-0.2, 0) is 0 Å². The van der Waals surface area contributed by atoms with E-state index in [-0.39, 0.29) is 0 Å². The second-order valence-electron chi connectivity index (χ2n) is 4.05. The second-order valence-corrected chi connectivity index (χ2v) is 4.91. The Balaban J connectivity index is 2.22. The van der Waals surface area contributed by atoms with Gasteiger partial charge in [-0.2, -0.15) is 0 Å². The van der Waals surface area contributed by atoms with Crippen LogP contribution in [0.3, 0.4) is 0 Å². The molecule has 15 heavy (non-hydrogen) atoms. The molecule has 0 bridgehead atoms. The lowest BCUT2D eigenvalue weighted by molar-refractivity contribution is 0.618. The van der Waals surface area contributed by atoms with Crippen molar-refractivity contribution in [3.8, 4) is 0 Å². The summed E-state index contributed by atoms with van der Waals surface area (Å²) >= 11 is 3.58. The highest BCUT2D eigenvalue weighted by Gasteiger charge is 2.22. The van der Waals surface area contributed by atoms with E-state index >= 15 is 0 Å². The maximum Gasteiger partial charge on any atom is 0.0592 e. The molecule has 0 N–H and O–H groups in total. The minimum absolute atomic E-state index is 0.730. The summed E-state index contributed by atoms with van der Waals surface area (Å²) in [6.45, 7) is 3.30. The molecule has 1 fully saturated rings. The molecule has 0 aromatic carbocycles. The third-order valence-electron chi connectivity index (χ3n) is 3.17. The molecular weight excluding hydrogens is 252 g/mol. The molecule has 1 aromatic rings. The molecule has 2 rings (SSSR count). The Bertz CT molecular complexity index is 321. The molecule has 0 amide bonds. The van der Waals surface area contributed by atoms with E-state index < -0.39 is 0 Å². The molecule has 1 aromatic heterocycles. The highest BCUT2D eigenvalue weighted by atomic mass is 79.9. The summed E-state index contributed by atoms with van der Waals surface area (Å²) in [4.78, 5) is 6.61. The van der Waals surface area contributed by atoms with Gasteiger partial charge in [0.15, 0.2) is 0 Å². The normalized spacial score (nSPS) is 16.9. The van der Waals surface area contributed by atoms with Crippen molar-refractivity contribution in [2.24, 2.45) is 0 Å². The molecule has 0 saturated heterocycles. The zero-order valence-corrected chi connectivity index (χ0v) is 10.7. The lowest BCUT2D eigenvalue weighted by Crippen LogP contribution is -2.33. The SMILES string of the molecule is CCN(c1ccncc1Br)C1CCCC1. The number of rotatable bonds is 3. The van der Waals surface area contributed by atoms with Crippen LogP contribution in [0.25, 0.3) is 0 Å². The van der Waals surface area contributed by atoms with Crippen molar-refractivity contribution < 1.29 is 0 Å². The largest absolute Gasteiger partial charge is 0.368 e. The Morgan fingerprint density at radius 1 is 1.47 bits per heavy atom. The van der Waals surface area contributed by atoms with Gasteiger partial charge in [0.1, 0.15) is 0 Å². The van der Waals surface area contributed by atoms with Crippen LogP contribution < -0.4 is 4.90 Å². The summed E-state index contributed by atoms with van der Waals surface area (Å²) < 4.78 is 1.11. The van der Waals surface area contributed by atoms with Crippen LogP contribution in [0.1, 0.15) is 32.6 Å². The first kappa shape index (κ1) is 10.9. The van der Waals surface area contributed by atoms with Crippen molar-refractivity contribution in [3.05, 3.63) is 22.9 Å². The molecule has 1 saturated carbocycles. The van der Waals surface area contributed by atoms with Crippen molar-refractivity contribution in [2.45, 2.75) is 38.6 Å². The fourth-order valence-corrected chi connectivity index (χ4v) is 2.92. The molecule has 1 aliphatic rings. The average Bonchev–Trinajstić information content (AvgIpc) is 2.75.